The molecule has 86 valence electrons. The summed E-state index contributed by atoms with van der Waals surface area (Å²) >= 11 is 0. The molecule has 0 saturated heterocycles. The van der Waals surface area contributed by atoms with Crippen LogP contribution in [0.2, 0.25) is 0 Å². The Labute approximate surface area is 108 Å². The van der Waals surface area contributed by atoms with Crippen LogP contribution in [0.5, 0.6) is 0 Å². The minimum absolute atomic E-state index is 0. The molecule has 0 spiro atoms. The van der Waals surface area contributed by atoms with Crippen molar-refractivity contribution in [3.63, 3.8) is 0 Å². The van der Waals surface area contributed by atoms with E-state index in [2.05, 4.69) is 46.6 Å². The number of nitrogens with zero attached hydrogens (tertiary/aromatic N) is 2. The number of aromatic nitrogens is 2. The molecule has 1 aromatic heterocycles. The van der Waals surface area contributed by atoms with Crippen molar-refractivity contribution in [1.82, 2.24) is 9.78 Å². The molecule has 1 aromatic rings. The molecule has 0 bridgehead atoms. The molecule has 1 rings (SSSR count). The first-order chi connectivity index (χ1) is 6.25. The maximum atomic E-state index is 4.49. The zero-order valence-corrected chi connectivity index (χ0v) is 13.7. The Bertz CT molecular complexity index is 332. The Hall–Kier alpha value is -0.232. The molecule has 0 amide bonds. The second-order valence-corrected chi connectivity index (χ2v) is 5.18. The van der Waals surface area contributed by atoms with Gasteiger partial charge >= 0.3 is 0 Å². The summed E-state index contributed by atoms with van der Waals surface area (Å²) in [6.07, 6.45) is 0. The molecule has 0 aliphatic rings. The molecule has 0 atom stereocenters. The third-order valence-corrected chi connectivity index (χ3v) is 2.45. The van der Waals surface area contributed by atoms with Crippen LogP contribution in [0.25, 0.3) is 0 Å². The maximum Gasteiger partial charge on any atom is 0.0268 e. The van der Waals surface area contributed by atoms with Gasteiger partial charge in [-0.1, -0.05) is 31.9 Å². The van der Waals surface area contributed by atoms with E-state index in [-0.39, 0.29) is 26.5 Å². The van der Waals surface area contributed by atoms with Gasteiger partial charge in [-0.15, -0.1) is 19.4 Å². The van der Waals surface area contributed by atoms with Gasteiger partial charge in [0.05, 0.1) is 0 Å². The fraction of sp³-hybridized carbons (Fsp3) is 0.667. The number of rotatable bonds is 1. The molecule has 0 aliphatic carbocycles. The Morgan fingerprint density at radius 2 is 1.67 bits per heavy atom. The van der Waals surface area contributed by atoms with Gasteiger partial charge in [-0.25, -0.2) is 5.10 Å². The molecule has 0 aliphatic heterocycles. The van der Waals surface area contributed by atoms with E-state index >= 15 is 0 Å². The van der Waals surface area contributed by atoms with E-state index in [9.17, 15) is 0 Å². The summed E-state index contributed by atoms with van der Waals surface area (Å²) in [5.41, 5.74) is 3.98. The molecule has 1 heterocycles. The van der Waals surface area contributed by atoms with Gasteiger partial charge in [-0.2, -0.15) is 5.92 Å². The molecule has 0 radical (unpaired) electrons. The van der Waals surface area contributed by atoms with Crippen molar-refractivity contribution in [2.45, 2.75) is 47.0 Å². The van der Waals surface area contributed by atoms with Gasteiger partial charge in [0.15, 0.2) is 0 Å². The molecule has 3 heteroatoms. The SMILES string of the molecule is Cc1nn(C)c([C-](C)C)c1C(C)(C)C.[W]. The molecule has 0 unspecified atom stereocenters. The van der Waals surface area contributed by atoms with Crippen molar-refractivity contribution < 1.29 is 21.1 Å². The predicted molar refractivity (Wildman–Crippen MR) is 60.3 cm³/mol. The van der Waals surface area contributed by atoms with Crippen LogP contribution in [0, 0.1) is 12.8 Å². The van der Waals surface area contributed by atoms with Gasteiger partial charge in [-0.3, -0.25) is 0 Å². The summed E-state index contributed by atoms with van der Waals surface area (Å²) < 4.78 is 1.99. The summed E-state index contributed by atoms with van der Waals surface area (Å²) in [6.45, 7) is 13.1. The average molecular weight is 377 g/mol. The quantitative estimate of drug-likeness (QED) is 0.689. The largest absolute Gasteiger partial charge is 0.305 e. The summed E-state index contributed by atoms with van der Waals surface area (Å²) in [5, 5.41) is 4.49. The van der Waals surface area contributed by atoms with Gasteiger partial charge in [0.1, 0.15) is 0 Å². The molecule has 0 N–H and O–H groups in total. The third-order valence-electron chi connectivity index (χ3n) is 2.45. The fourth-order valence-electron chi connectivity index (χ4n) is 2.13. The van der Waals surface area contributed by atoms with E-state index < -0.39 is 0 Å². The van der Waals surface area contributed by atoms with E-state index in [4.69, 9.17) is 0 Å². The first kappa shape index (κ1) is 14.8. The number of aryl methyl sites for hydroxylation is 2. The smallest absolute Gasteiger partial charge is 0.0268 e. The van der Waals surface area contributed by atoms with Crippen molar-refractivity contribution in [1.29, 1.82) is 0 Å². The van der Waals surface area contributed by atoms with Crippen LogP contribution in [0.1, 0.15) is 51.6 Å². The van der Waals surface area contributed by atoms with Crippen LogP contribution in [-0.4, -0.2) is 9.78 Å². The maximum absolute atomic E-state index is 4.49. The normalized spacial score (nSPS) is 11.1. The predicted octanol–water partition coefficient (Wildman–Crippen LogP) is 2.99. The van der Waals surface area contributed by atoms with Crippen LogP contribution >= 0.6 is 0 Å². The topological polar surface area (TPSA) is 17.8 Å². The van der Waals surface area contributed by atoms with Crippen molar-refractivity contribution >= 4 is 0 Å². The first-order valence-corrected chi connectivity index (χ1v) is 5.09. The summed E-state index contributed by atoms with van der Waals surface area (Å²) in [5.74, 6) is 1.33. The van der Waals surface area contributed by atoms with E-state index in [1.165, 1.54) is 17.2 Å². The van der Waals surface area contributed by atoms with E-state index in [0.29, 0.717) is 0 Å². The van der Waals surface area contributed by atoms with Crippen molar-refractivity contribution in [2.75, 3.05) is 0 Å². The standard InChI is InChI=1S/C12H21N2.W/c1-8(2)11-10(12(4,5)6)9(3)13-14(11)7;/h1-7H3;/q-1;. The van der Waals surface area contributed by atoms with Crippen LogP contribution in [0.3, 0.4) is 0 Å². The molecule has 0 saturated carbocycles. The Morgan fingerprint density at radius 1 is 1.20 bits per heavy atom. The Balaban J connectivity index is 0.00000196. The van der Waals surface area contributed by atoms with Gasteiger partial charge in [0.2, 0.25) is 0 Å². The minimum Gasteiger partial charge on any atom is -0.305 e. The summed E-state index contributed by atoms with van der Waals surface area (Å²) in [6, 6.07) is 0. The van der Waals surface area contributed by atoms with Crippen LogP contribution in [0.15, 0.2) is 0 Å². The molecule has 0 aromatic carbocycles. The van der Waals surface area contributed by atoms with Crippen molar-refractivity contribution in [3.05, 3.63) is 22.9 Å². The number of hydrogen-bond donors (Lipinski definition) is 0. The number of hydrogen-bond acceptors (Lipinski definition) is 1. The molecule has 2 nitrogen and oxygen atoms in total. The monoisotopic (exact) mass is 377 g/mol. The second-order valence-electron chi connectivity index (χ2n) is 5.18. The van der Waals surface area contributed by atoms with Crippen LogP contribution < -0.4 is 0 Å². The first-order valence-electron chi connectivity index (χ1n) is 5.09. The second kappa shape index (κ2) is 4.74. The van der Waals surface area contributed by atoms with E-state index in [1.807, 2.05) is 11.7 Å². The van der Waals surface area contributed by atoms with E-state index in [0.717, 1.165) is 5.69 Å². The fourth-order valence-corrected chi connectivity index (χ4v) is 2.13. The molecule has 15 heavy (non-hydrogen) atoms. The Kier molecular flexibility index (Phi) is 4.66. The van der Waals surface area contributed by atoms with Crippen LogP contribution in [-0.2, 0) is 33.5 Å². The van der Waals surface area contributed by atoms with E-state index in [1.54, 1.807) is 0 Å². The average Bonchev–Trinajstić information content (AvgIpc) is 2.23. The van der Waals surface area contributed by atoms with Crippen molar-refractivity contribution in [2.24, 2.45) is 7.05 Å². The van der Waals surface area contributed by atoms with Gasteiger partial charge < -0.3 is 4.68 Å². The summed E-state index contributed by atoms with van der Waals surface area (Å²) in [4.78, 5) is 0. The third kappa shape index (κ3) is 2.87. The zero-order chi connectivity index (χ0) is 11.1. The molecular formula is C12H21N2W-. The summed E-state index contributed by atoms with van der Waals surface area (Å²) in [7, 11) is 2.02. The van der Waals surface area contributed by atoms with Gasteiger partial charge in [0, 0.05) is 28.1 Å². The Morgan fingerprint density at radius 3 is 1.93 bits per heavy atom. The van der Waals surface area contributed by atoms with Gasteiger partial charge in [0.25, 0.3) is 0 Å². The zero-order valence-electron chi connectivity index (χ0n) is 10.8. The molecule has 0 fully saturated rings. The molecular weight excluding hydrogens is 356 g/mol. The minimum atomic E-state index is 0. The van der Waals surface area contributed by atoms with Crippen LogP contribution in [0.4, 0.5) is 0 Å². The van der Waals surface area contributed by atoms with Gasteiger partial charge in [-0.05, 0) is 12.6 Å². The van der Waals surface area contributed by atoms with Crippen molar-refractivity contribution in [3.8, 4) is 0 Å².